The lowest BCUT2D eigenvalue weighted by molar-refractivity contribution is -0.124. The summed E-state index contributed by atoms with van der Waals surface area (Å²) >= 11 is 0. The second kappa shape index (κ2) is 5.91. The van der Waals surface area contributed by atoms with Gasteiger partial charge in [-0.3, -0.25) is 4.79 Å². The summed E-state index contributed by atoms with van der Waals surface area (Å²) in [4.78, 5) is 18.8. The molecule has 0 radical (unpaired) electrons. The van der Waals surface area contributed by atoms with Crippen molar-refractivity contribution in [2.24, 2.45) is 5.92 Å². The van der Waals surface area contributed by atoms with Gasteiger partial charge >= 0.3 is 0 Å². The summed E-state index contributed by atoms with van der Waals surface area (Å²) in [5.41, 5.74) is 0. The van der Waals surface area contributed by atoms with Crippen LogP contribution in [0.3, 0.4) is 0 Å². The summed E-state index contributed by atoms with van der Waals surface area (Å²) in [5, 5.41) is 11.6. The molecular formula is C11H16N4O. The topological polar surface area (TPSA) is 81.6 Å². The first-order chi connectivity index (χ1) is 7.72. The second-order valence-corrected chi connectivity index (χ2v) is 3.53. The third-order valence-electron chi connectivity index (χ3n) is 2.45. The van der Waals surface area contributed by atoms with E-state index >= 15 is 0 Å². The van der Waals surface area contributed by atoms with Crippen LogP contribution in [0.5, 0.6) is 0 Å². The Hall–Kier alpha value is -1.83. The molecule has 0 aliphatic carbocycles. The van der Waals surface area contributed by atoms with Crippen LogP contribution in [0.4, 0.5) is 0 Å². The Balaban J connectivity index is 2.65. The van der Waals surface area contributed by atoms with Gasteiger partial charge in [-0.1, -0.05) is 13.8 Å². The summed E-state index contributed by atoms with van der Waals surface area (Å²) < 4.78 is 0. The number of imidazole rings is 1. The summed E-state index contributed by atoms with van der Waals surface area (Å²) in [7, 11) is 0. The third kappa shape index (κ3) is 2.83. The molecule has 0 fully saturated rings. The number of aromatic amines is 1. The van der Waals surface area contributed by atoms with Gasteiger partial charge in [0.25, 0.3) is 0 Å². The molecule has 0 saturated carbocycles. The van der Waals surface area contributed by atoms with Gasteiger partial charge in [-0.25, -0.2) is 4.98 Å². The van der Waals surface area contributed by atoms with E-state index in [0.717, 1.165) is 12.2 Å². The van der Waals surface area contributed by atoms with Crippen molar-refractivity contribution in [1.82, 2.24) is 15.3 Å². The number of nitrogens with zero attached hydrogens (tertiary/aromatic N) is 2. The first-order valence-corrected chi connectivity index (χ1v) is 5.42. The number of nitrogens with one attached hydrogen (secondary N) is 2. The average Bonchev–Trinajstić information content (AvgIpc) is 2.81. The summed E-state index contributed by atoms with van der Waals surface area (Å²) in [6.07, 6.45) is 4.62. The van der Waals surface area contributed by atoms with Gasteiger partial charge in [0.05, 0.1) is 12.1 Å². The normalized spacial score (nSPS) is 13.8. The molecular weight excluding hydrogens is 204 g/mol. The van der Waals surface area contributed by atoms with Crippen molar-refractivity contribution in [3.05, 3.63) is 18.2 Å². The predicted octanol–water partition coefficient (Wildman–Crippen LogP) is 1.53. The predicted molar refractivity (Wildman–Crippen MR) is 59.2 cm³/mol. The molecule has 0 saturated heterocycles. The van der Waals surface area contributed by atoms with Crippen molar-refractivity contribution < 1.29 is 4.79 Å². The monoisotopic (exact) mass is 220 g/mol. The van der Waals surface area contributed by atoms with E-state index in [1.54, 1.807) is 12.4 Å². The number of aromatic nitrogens is 2. The summed E-state index contributed by atoms with van der Waals surface area (Å²) in [5.74, 6) is -0.0825. The van der Waals surface area contributed by atoms with Crippen LogP contribution in [-0.4, -0.2) is 15.9 Å². The third-order valence-corrected chi connectivity index (χ3v) is 2.45. The summed E-state index contributed by atoms with van der Waals surface area (Å²) in [6.45, 7) is 3.78. The van der Waals surface area contributed by atoms with Crippen molar-refractivity contribution in [1.29, 1.82) is 5.26 Å². The van der Waals surface area contributed by atoms with Crippen molar-refractivity contribution in [3.63, 3.8) is 0 Å². The number of rotatable bonds is 5. The molecule has 16 heavy (non-hydrogen) atoms. The van der Waals surface area contributed by atoms with Crippen LogP contribution in [0, 0.1) is 17.2 Å². The van der Waals surface area contributed by atoms with E-state index in [-0.39, 0.29) is 11.9 Å². The number of carbonyl (C=O) groups is 1. The fourth-order valence-electron chi connectivity index (χ4n) is 1.44. The Morgan fingerprint density at radius 3 is 2.81 bits per heavy atom. The zero-order valence-corrected chi connectivity index (χ0v) is 9.53. The molecule has 5 heteroatoms. The van der Waals surface area contributed by atoms with Gasteiger partial charge in [0.15, 0.2) is 0 Å². The van der Waals surface area contributed by atoms with Crippen LogP contribution in [0.1, 0.15) is 38.6 Å². The molecule has 0 aromatic carbocycles. The van der Waals surface area contributed by atoms with Crippen LogP contribution in [-0.2, 0) is 4.79 Å². The number of hydrogen-bond acceptors (Lipinski definition) is 3. The van der Waals surface area contributed by atoms with Gasteiger partial charge in [-0.05, 0) is 12.8 Å². The van der Waals surface area contributed by atoms with Gasteiger partial charge in [-0.15, -0.1) is 0 Å². The molecule has 1 heterocycles. The quantitative estimate of drug-likeness (QED) is 0.789. The lowest BCUT2D eigenvalue weighted by Crippen LogP contribution is -2.33. The highest BCUT2D eigenvalue weighted by Gasteiger charge is 2.20. The number of nitriles is 1. The van der Waals surface area contributed by atoms with E-state index in [1.165, 1.54) is 0 Å². The Morgan fingerprint density at radius 1 is 1.62 bits per heavy atom. The van der Waals surface area contributed by atoms with Crippen LogP contribution in [0.2, 0.25) is 0 Å². The second-order valence-electron chi connectivity index (χ2n) is 3.53. The molecule has 1 amide bonds. The minimum absolute atomic E-state index is 0.148. The Kier molecular flexibility index (Phi) is 4.52. The first-order valence-electron chi connectivity index (χ1n) is 5.42. The van der Waals surface area contributed by atoms with E-state index in [2.05, 4.69) is 15.3 Å². The van der Waals surface area contributed by atoms with Gasteiger partial charge in [0.2, 0.25) is 5.91 Å². The summed E-state index contributed by atoms with van der Waals surface area (Å²) in [6, 6.07) is 1.84. The molecule has 86 valence electrons. The molecule has 2 unspecified atom stereocenters. The molecule has 1 aromatic heterocycles. The Morgan fingerprint density at radius 2 is 2.38 bits per heavy atom. The molecule has 2 N–H and O–H groups in total. The molecule has 0 aliphatic heterocycles. The highest BCUT2D eigenvalue weighted by molar-refractivity contribution is 5.81. The standard InChI is InChI=1S/C11H16N4O/c1-3-8(7-12)11(16)15-9(4-2)10-13-5-6-14-10/h5-6,8-9H,3-4H2,1-2H3,(H,13,14)(H,15,16). The zero-order valence-electron chi connectivity index (χ0n) is 9.53. The van der Waals surface area contributed by atoms with Gasteiger partial charge < -0.3 is 10.3 Å². The van der Waals surface area contributed by atoms with Crippen molar-refractivity contribution in [2.75, 3.05) is 0 Å². The van der Waals surface area contributed by atoms with E-state index in [1.807, 2.05) is 19.9 Å². The fourth-order valence-corrected chi connectivity index (χ4v) is 1.44. The molecule has 0 spiro atoms. The van der Waals surface area contributed by atoms with E-state index in [9.17, 15) is 4.79 Å². The average molecular weight is 220 g/mol. The number of carbonyl (C=O) groups excluding carboxylic acids is 1. The molecule has 0 aliphatic rings. The molecule has 5 nitrogen and oxygen atoms in total. The Bertz CT molecular complexity index is 366. The van der Waals surface area contributed by atoms with Crippen LogP contribution in [0.25, 0.3) is 0 Å². The number of hydrogen-bond donors (Lipinski definition) is 2. The van der Waals surface area contributed by atoms with Crippen molar-refractivity contribution in [2.45, 2.75) is 32.7 Å². The molecule has 1 aromatic rings. The Labute approximate surface area is 94.9 Å². The minimum Gasteiger partial charge on any atom is -0.347 e. The molecule has 0 bridgehead atoms. The fraction of sp³-hybridized carbons (Fsp3) is 0.545. The number of amides is 1. The maximum atomic E-state index is 11.7. The minimum atomic E-state index is -0.580. The van der Waals surface area contributed by atoms with Crippen LogP contribution < -0.4 is 5.32 Å². The maximum absolute atomic E-state index is 11.7. The van der Waals surface area contributed by atoms with E-state index in [4.69, 9.17) is 5.26 Å². The van der Waals surface area contributed by atoms with Gasteiger partial charge in [-0.2, -0.15) is 5.26 Å². The highest BCUT2D eigenvalue weighted by Crippen LogP contribution is 2.13. The zero-order chi connectivity index (χ0) is 12.0. The van der Waals surface area contributed by atoms with Crippen LogP contribution in [0.15, 0.2) is 12.4 Å². The van der Waals surface area contributed by atoms with Gasteiger partial charge in [0, 0.05) is 12.4 Å². The van der Waals surface area contributed by atoms with Crippen molar-refractivity contribution in [3.8, 4) is 6.07 Å². The number of H-pyrrole nitrogens is 1. The van der Waals surface area contributed by atoms with Gasteiger partial charge in [0.1, 0.15) is 11.7 Å². The highest BCUT2D eigenvalue weighted by atomic mass is 16.1. The smallest absolute Gasteiger partial charge is 0.237 e. The van der Waals surface area contributed by atoms with E-state index < -0.39 is 5.92 Å². The molecule has 1 rings (SSSR count). The lowest BCUT2D eigenvalue weighted by Gasteiger charge is -2.16. The maximum Gasteiger partial charge on any atom is 0.237 e. The van der Waals surface area contributed by atoms with E-state index in [0.29, 0.717) is 6.42 Å². The first kappa shape index (κ1) is 12.2. The van der Waals surface area contributed by atoms with Crippen LogP contribution >= 0.6 is 0 Å². The largest absolute Gasteiger partial charge is 0.347 e. The SMILES string of the molecule is CCC(C#N)C(=O)NC(CC)c1ncc[nH]1. The molecule has 2 atom stereocenters. The lowest BCUT2D eigenvalue weighted by atomic mass is 10.1. The van der Waals surface area contributed by atoms with Crippen molar-refractivity contribution >= 4 is 5.91 Å².